The number of nitrogens with zero attached hydrogens (tertiary/aromatic N) is 3. The fourth-order valence-electron chi connectivity index (χ4n) is 2.63. The van der Waals surface area contributed by atoms with E-state index in [9.17, 15) is 9.18 Å². The van der Waals surface area contributed by atoms with Gasteiger partial charge in [-0.05, 0) is 51.7 Å². The first-order valence-corrected chi connectivity index (χ1v) is 7.87. The quantitative estimate of drug-likeness (QED) is 0.882. The third-order valence-electron chi connectivity index (χ3n) is 3.63. The average molecular weight is 330 g/mol. The number of aryl methyl sites for hydroxylation is 2. The van der Waals surface area contributed by atoms with Gasteiger partial charge in [-0.3, -0.25) is 9.69 Å². The molecular weight excluding hydrogens is 307 g/mol. The van der Waals surface area contributed by atoms with Gasteiger partial charge in [0.1, 0.15) is 17.7 Å². The largest absolute Gasteiger partial charge is 0.354 e. The Bertz CT molecular complexity index is 680. The number of halogens is 1. The van der Waals surface area contributed by atoms with Crippen LogP contribution >= 0.6 is 0 Å². The van der Waals surface area contributed by atoms with E-state index in [0.717, 1.165) is 22.8 Å². The molecule has 0 spiro atoms. The van der Waals surface area contributed by atoms with Crippen LogP contribution < -0.4 is 5.32 Å². The monoisotopic (exact) mass is 330 g/mol. The van der Waals surface area contributed by atoms with E-state index in [1.165, 1.54) is 12.1 Å². The van der Waals surface area contributed by atoms with Gasteiger partial charge in [0.2, 0.25) is 5.91 Å². The number of carbonyl (C=O) groups excluding carboxylic acids is 1. The number of rotatable bonds is 6. The summed E-state index contributed by atoms with van der Waals surface area (Å²) in [4.78, 5) is 23.0. The highest BCUT2D eigenvalue weighted by Crippen LogP contribution is 2.18. The summed E-state index contributed by atoms with van der Waals surface area (Å²) in [6.07, 6.45) is 0.567. The Morgan fingerprint density at radius 1 is 1.17 bits per heavy atom. The van der Waals surface area contributed by atoms with Crippen LogP contribution in [-0.2, 0) is 11.2 Å². The van der Waals surface area contributed by atoms with Crippen LogP contribution in [-0.4, -0.2) is 41.4 Å². The van der Waals surface area contributed by atoms with E-state index < -0.39 is 6.04 Å². The van der Waals surface area contributed by atoms with Crippen molar-refractivity contribution in [3.05, 3.63) is 58.9 Å². The highest BCUT2D eigenvalue weighted by atomic mass is 19.1. The summed E-state index contributed by atoms with van der Waals surface area (Å²) >= 11 is 0. The molecule has 5 nitrogen and oxygen atoms in total. The van der Waals surface area contributed by atoms with Crippen LogP contribution in [0.1, 0.15) is 28.8 Å². The number of likely N-dealkylation sites (N-methyl/N-ethyl adjacent to an activating group) is 1. The van der Waals surface area contributed by atoms with Gasteiger partial charge < -0.3 is 5.32 Å². The van der Waals surface area contributed by atoms with Crippen LogP contribution in [0.2, 0.25) is 0 Å². The fraction of sp³-hybridized carbons (Fsp3) is 0.389. The van der Waals surface area contributed by atoms with Gasteiger partial charge in [0, 0.05) is 24.4 Å². The van der Waals surface area contributed by atoms with Gasteiger partial charge in [-0.25, -0.2) is 14.4 Å². The van der Waals surface area contributed by atoms with Crippen molar-refractivity contribution < 1.29 is 9.18 Å². The summed E-state index contributed by atoms with van der Waals surface area (Å²) in [5.74, 6) is 0.274. The van der Waals surface area contributed by atoms with Crippen molar-refractivity contribution in [3.8, 4) is 0 Å². The van der Waals surface area contributed by atoms with Gasteiger partial charge in [-0.15, -0.1) is 0 Å². The normalized spacial score (nSPS) is 12.2. The van der Waals surface area contributed by atoms with Gasteiger partial charge in [0.15, 0.2) is 0 Å². The van der Waals surface area contributed by atoms with Gasteiger partial charge in [-0.1, -0.05) is 12.1 Å². The zero-order valence-electron chi connectivity index (χ0n) is 14.5. The molecule has 1 amide bonds. The number of hydrogen-bond donors (Lipinski definition) is 1. The second-order valence-corrected chi connectivity index (χ2v) is 6.03. The summed E-state index contributed by atoms with van der Waals surface area (Å²) < 4.78 is 13.1. The van der Waals surface area contributed by atoms with Crippen LogP contribution in [0.4, 0.5) is 4.39 Å². The van der Waals surface area contributed by atoms with Crippen molar-refractivity contribution in [3.63, 3.8) is 0 Å². The first kappa shape index (κ1) is 18.0. The third kappa shape index (κ3) is 4.83. The molecule has 1 aromatic heterocycles. The molecule has 128 valence electrons. The molecule has 2 rings (SSSR count). The first-order chi connectivity index (χ1) is 11.4. The van der Waals surface area contributed by atoms with E-state index in [1.54, 1.807) is 17.0 Å². The number of aromatic nitrogens is 2. The second kappa shape index (κ2) is 7.97. The molecule has 1 heterocycles. The van der Waals surface area contributed by atoms with E-state index in [0.29, 0.717) is 13.0 Å². The molecule has 0 bridgehead atoms. The molecule has 6 heteroatoms. The Morgan fingerprint density at radius 2 is 1.75 bits per heavy atom. The van der Waals surface area contributed by atoms with Crippen LogP contribution in [0.3, 0.4) is 0 Å². The first-order valence-electron chi connectivity index (χ1n) is 7.87. The van der Waals surface area contributed by atoms with Crippen molar-refractivity contribution in [2.75, 3.05) is 20.6 Å². The molecule has 1 aromatic carbocycles. The highest BCUT2D eigenvalue weighted by molar-refractivity contribution is 5.83. The molecule has 1 N–H and O–H groups in total. The number of hydrogen-bond acceptors (Lipinski definition) is 4. The summed E-state index contributed by atoms with van der Waals surface area (Å²) in [6.45, 7) is 4.30. The highest BCUT2D eigenvalue weighted by Gasteiger charge is 2.22. The SMILES string of the molecule is Cc1cc(C)nc(CCNC(=O)[C@@H](c2ccc(F)cc2)N(C)C)n1. The molecule has 0 aliphatic heterocycles. The zero-order valence-corrected chi connectivity index (χ0v) is 14.5. The van der Waals surface area contributed by atoms with E-state index in [4.69, 9.17) is 0 Å². The maximum Gasteiger partial charge on any atom is 0.241 e. The predicted octanol–water partition coefficient (Wildman–Crippen LogP) is 2.19. The number of benzene rings is 1. The van der Waals surface area contributed by atoms with Crippen molar-refractivity contribution in [1.82, 2.24) is 20.2 Å². The Balaban J connectivity index is 1.99. The lowest BCUT2D eigenvalue weighted by molar-refractivity contribution is -0.125. The van der Waals surface area contributed by atoms with Crippen molar-refractivity contribution in [1.29, 1.82) is 0 Å². The lowest BCUT2D eigenvalue weighted by Crippen LogP contribution is -2.38. The van der Waals surface area contributed by atoms with Crippen LogP contribution in [0.15, 0.2) is 30.3 Å². The molecular formula is C18H23FN4O. The van der Waals surface area contributed by atoms with E-state index >= 15 is 0 Å². The molecule has 0 radical (unpaired) electrons. The number of nitrogens with one attached hydrogen (secondary N) is 1. The van der Waals surface area contributed by atoms with E-state index in [1.807, 2.05) is 34.0 Å². The molecule has 0 fully saturated rings. The lowest BCUT2D eigenvalue weighted by atomic mass is 10.1. The maximum absolute atomic E-state index is 13.1. The third-order valence-corrected chi connectivity index (χ3v) is 3.63. The van der Waals surface area contributed by atoms with Crippen molar-refractivity contribution in [2.45, 2.75) is 26.3 Å². The van der Waals surface area contributed by atoms with Gasteiger partial charge in [-0.2, -0.15) is 0 Å². The molecule has 2 aromatic rings. The minimum Gasteiger partial charge on any atom is -0.354 e. The smallest absolute Gasteiger partial charge is 0.241 e. The van der Waals surface area contributed by atoms with Crippen LogP contribution in [0.25, 0.3) is 0 Å². The summed E-state index contributed by atoms with van der Waals surface area (Å²) in [7, 11) is 3.64. The summed E-state index contributed by atoms with van der Waals surface area (Å²) in [5.41, 5.74) is 2.59. The molecule has 0 unspecified atom stereocenters. The Labute approximate surface area is 141 Å². The molecule has 1 atom stereocenters. The molecule has 0 aliphatic rings. The predicted molar refractivity (Wildman–Crippen MR) is 91.0 cm³/mol. The maximum atomic E-state index is 13.1. The second-order valence-electron chi connectivity index (χ2n) is 6.03. The van der Waals surface area contributed by atoms with Gasteiger partial charge in [0.05, 0.1) is 0 Å². The van der Waals surface area contributed by atoms with Crippen molar-refractivity contribution >= 4 is 5.91 Å². The molecule has 0 aliphatic carbocycles. The Kier molecular flexibility index (Phi) is 5.98. The molecule has 0 saturated carbocycles. The lowest BCUT2D eigenvalue weighted by Gasteiger charge is -2.23. The summed E-state index contributed by atoms with van der Waals surface area (Å²) in [5, 5.41) is 2.91. The average Bonchev–Trinajstić information content (AvgIpc) is 2.48. The van der Waals surface area contributed by atoms with Gasteiger partial charge >= 0.3 is 0 Å². The molecule has 0 saturated heterocycles. The van der Waals surface area contributed by atoms with Crippen LogP contribution in [0, 0.1) is 19.7 Å². The topological polar surface area (TPSA) is 58.1 Å². The number of carbonyl (C=O) groups is 1. The minimum absolute atomic E-state index is 0.129. The fourth-order valence-corrected chi connectivity index (χ4v) is 2.63. The van der Waals surface area contributed by atoms with E-state index in [-0.39, 0.29) is 11.7 Å². The number of amides is 1. The van der Waals surface area contributed by atoms with Gasteiger partial charge in [0.25, 0.3) is 0 Å². The zero-order chi connectivity index (χ0) is 17.7. The van der Waals surface area contributed by atoms with E-state index in [2.05, 4.69) is 15.3 Å². The van der Waals surface area contributed by atoms with Crippen molar-refractivity contribution in [2.24, 2.45) is 0 Å². The standard InChI is InChI=1S/C18H23FN4O/c1-12-11-13(2)22-16(21-12)9-10-20-18(24)17(23(3)4)14-5-7-15(19)8-6-14/h5-8,11,17H,9-10H2,1-4H3,(H,20,24)/t17-/m1/s1. The molecule has 24 heavy (non-hydrogen) atoms. The van der Waals surface area contributed by atoms with Crippen LogP contribution in [0.5, 0.6) is 0 Å². The Hall–Kier alpha value is -2.34. The Morgan fingerprint density at radius 3 is 2.29 bits per heavy atom. The summed E-state index contributed by atoms with van der Waals surface area (Å²) in [6, 6.07) is 7.44. The minimum atomic E-state index is -0.467.